The van der Waals surface area contributed by atoms with Crippen LogP contribution in [-0.2, 0) is 9.59 Å². The Hall–Kier alpha value is -2.08. The van der Waals surface area contributed by atoms with Crippen LogP contribution in [0.4, 0.5) is 11.4 Å². The van der Waals surface area contributed by atoms with Crippen molar-refractivity contribution in [2.45, 2.75) is 13.0 Å². The van der Waals surface area contributed by atoms with Crippen LogP contribution in [0.5, 0.6) is 0 Å². The molecule has 1 rings (SSSR count). The molecule has 0 aromatic heterocycles. The number of likely N-dealkylation sites (N-methyl/N-ethyl adjacent to an activating group) is 1. The minimum atomic E-state index is -0.968. The second-order valence-electron chi connectivity index (χ2n) is 4.10. The highest BCUT2D eigenvalue weighted by atomic mass is 16.4. The van der Waals surface area contributed by atoms with E-state index < -0.39 is 12.0 Å². The maximum atomic E-state index is 11.8. The van der Waals surface area contributed by atoms with Crippen LogP contribution in [-0.4, -0.2) is 41.5 Å². The van der Waals surface area contributed by atoms with Gasteiger partial charge in [0.05, 0.1) is 12.6 Å². The molecule has 1 unspecified atom stereocenters. The Labute approximate surface area is 105 Å². The van der Waals surface area contributed by atoms with Crippen LogP contribution in [0, 0.1) is 0 Å². The number of nitrogens with one attached hydrogen (secondary N) is 1. The molecule has 98 valence electrons. The first kappa shape index (κ1) is 14.0. The van der Waals surface area contributed by atoms with E-state index in [1.165, 1.54) is 4.90 Å². The van der Waals surface area contributed by atoms with Gasteiger partial charge in [-0.2, -0.15) is 0 Å². The highest BCUT2D eigenvalue weighted by Gasteiger charge is 2.19. The molecule has 6 nitrogen and oxygen atoms in total. The monoisotopic (exact) mass is 251 g/mol. The number of nitrogens with two attached hydrogens (primary N) is 1. The summed E-state index contributed by atoms with van der Waals surface area (Å²) in [5, 5.41) is 11.3. The van der Waals surface area contributed by atoms with Gasteiger partial charge in [-0.3, -0.25) is 14.5 Å². The first-order valence-corrected chi connectivity index (χ1v) is 5.48. The minimum Gasteiger partial charge on any atom is -0.480 e. The summed E-state index contributed by atoms with van der Waals surface area (Å²) in [7, 11) is 1.58. The van der Waals surface area contributed by atoms with Crippen molar-refractivity contribution in [2.24, 2.45) is 0 Å². The van der Waals surface area contributed by atoms with Gasteiger partial charge in [0, 0.05) is 11.4 Å². The van der Waals surface area contributed by atoms with Crippen LogP contribution in [0.3, 0.4) is 0 Å². The molecule has 1 aromatic rings. The number of carboxylic acid groups (broad SMARTS) is 1. The van der Waals surface area contributed by atoms with Crippen LogP contribution in [0.2, 0.25) is 0 Å². The topological polar surface area (TPSA) is 95.7 Å². The van der Waals surface area contributed by atoms with Gasteiger partial charge in [-0.05, 0) is 38.2 Å². The molecule has 1 atom stereocenters. The maximum Gasteiger partial charge on any atom is 0.317 e. The van der Waals surface area contributed by atoms with Crippen LogP contribution < -0.4 is 11.1 Å². The Morgan fingerprint density at radius 3 is 2.44 bits per heavy atom. The van der Waals surface area contributed by atoms with Crippen molar-refractivity contribution in [3.05, 3.63) is 24.3 Å². The standard InChI is InChI=1S/C12H17N3O3/c1-8(15(2)7-11(16)17)12(18)14-10-5-3-9(13)4-6-10/h3-6,8H,7,13H2,1-2H3,(H,14,18)(H,16,17). The minimum absolute atomic E-state index is 0.184. The molecule has 0 fully saturated rings. The normalized spacial score (nSPS) is 12.2. The van der Waals surface area contributed by atoms with Gasteiger partial charge in [-0.1, -0.05) is 0 Å². The van der Waals surface area contributed by atoms with E-state index in [0.717, 1.165) is 0 Å². The summed E-state index contributed by atoms with van der Waals surface area (Å²) in [6, 6.07) is 6.22. The molecule has 18 heavy (non-hydrogen) atoms. The molecule has 0 saturated carbocycles. The van der Waals surface area contributed by atoms with Gasteiger partial charge in [0.2, 0.25) is 5.91 Å². The zero-order valence-electron chi connectivity index (χ0n) is 10.4. The van der Waals surface area contributed by atoms with E-state index in [1.54, 1.807) is 38.2 Å². The summed E-state index contributed by atoms with van der Waals surface area (Å²) >= 11 is 0. The van der Waals surface area contributed by atoms with E-state index >= 15 is 0 Å². The van der Waals surface area contributed by atoms with E-state index in [0.29, 0.717) is 11.4 Å². The van der Waals surface area contributed by atoms with E-state index in [9.17, 15) is 9.59 Å². The molecule has 0 aliphatic heterocycles. The van der Waals surface area contributed by atoms with Crippen LogP contribution >= 0.6 is 0 Å². The Morgan fingerprint density at radius 2 is 1.94 bits per heavy atom. The van der Waals surface area contributed by atoms with Crippen LogP contribution in [0.1, 0.15) is 6.92 Å². The molecule has 0 bridgehead atoms. The van der Waals surface area contributed by atoms with Gasteiger partial charge in [-0.25, -0.2) is 0 Å². The van der Waals surface area contributed by atoms with E-state index in [1.807, 2.05) is 0 Å². The Kier molecular flexibility index (Phi) is 4.67. The lowest BCUT2D eigenvalue weighted by atomic mass is 10.2. The number of benzene rings is 1. The molecular formula is C12H17N3O3. The predicted molar refractivity (Wildman–Crippen MR) is 69.2 cm³/mol. The third-order valence-electron chi connectivity index (χ3n) is 2.60. The number of anilines is 2. The van der Waals surface area contributed by atoms with E-state index in [-0.39, 0.29) is 12.5 Å². The van der Waals surface area contributed by atoms with Crippen molar-refractivity contribution in [1.82, 2.24) is 4.90 Å². The van der Waals surface area contributed by atoms with Crippen molar-refractivity contribution < 1.29 is 14.7 Å². The number of hydrogen-bond donors (Lipinski definition) is 3. The lowest BCUT2D eigenvalue weighted by Crippen LogP contribution is -2.42. The first-order valence-electron chi connectivity index (χ1n) is 5.48. The zero-order valence-corrected chi connectivity index (χ0v) is 10.4. The highest BCUT2D eigenvalue weighted by Crippen LogP contribution is 2.11. The average Bonchev–Trinajstić information content (AvgIpc) is 2.30. The number of rotatable bonds is 5. The molecule has 0 radical (unpaired) electrons. The summed E-state index contributed by atoms with van der Waals surface area (Å²) in [6.07, 6.45) is 0. The summed E-state index contributed by atoms with van der Waals surface area (Å²) in [4.78, 5) is 23.8. The van der Waals surface area contributed by atoms with Crippen LogP contribution in [0.15, 0.2) is 24.3 Å². The van der Waals surface area contributed by atoms with E-state index in [4.69, 9.17) is 10.8 Å². The SMILES string of the molecule is CC(C(=O)Nc1ccc(N)cc1)N(C)CC(=O)O. The quantitative estimate of drug-likeness (QED) is 0.666. The number of nitrogen functional groups attached to an aromatic ring is 1. The molecule has 1 aromatic carbocycles. The molecule has 1 amide bonds. The first-order chi connectivity index (χ1) is 8.40. The fourth-order valence-electron chi connectivity index (χ4n) is 1.36. The van der Waals surface area contributed by atoms with Gasteiger partial charge in [0.15, 0.2) is 0 Å². The molecule has 6 heteroatoms. The van der Waals surface area contributed by atoms with Crippen LogP contribution in [0.25, 0.3) is 0 Å². The second-order valence-corrected chi connectivity index (χ2v) is 4.10. The number of aliphatic carboxylic acids is 1. The van der Waals surface area contributed by atoms with Gasteiger partial charge < -0.3 is 16.2 Å². The number of amides is 1. The molecule has 4 N–H and O–H groups in total. The third-order valence-corrected chi connectivity index (χ3v) is 2.60. The number of carbonyl (C=O) groups excluding carboxylic acids is 1. The van der Waals surface area contributed by atoms with Gasteiger partial charge in [-0.15, -0.1) is 0 Å². The number of carboxylic acids is 1. The van der Waals surface area contributed by atoms with Crippen molar-refractivity contribution in [3.8, 4) is 0 Å². The Morgan fingerprint density at radius 1 is 1.39 bits per heavy atom. The Bertz CT molecular complexity index is 431. The largest absolute Gasteiger partial charge is 0.480 e. The summed E-state index contributed by atoms with van der Waals surface area (Å²) in [5.41, 5.74) is 6.78. The van der Waals surface area contributed by atoms with Crippen molar-refractivity contribution >= 4 is 23.3 Å². The molecular weight excluding hydrogens is 234 g/mol. The van der Waals surface area contributed by atoms with Gasteiger partial charge in [0.25, 0.3) is 0 Å². The molecule has 0 aliphatic rings. The van der Waals surface area contributed by atoms with Crippen molar-refractivity contribution in [2.75, 3.05) is 24.6 Å². The summed E-state index contributed by atoms with van der Waals surface area (Å²) in [6.45, 7) is 1.46. The average molecular weight is 251 g/mol. The maximum absolute atomic E-state index is 11.8. The fraction of sp³-hybridized carbons (Fsp3) is 0.333. The molecule has 0 saturated heterocycles. The smallest absolute Gasteiger partial charge is 0.317 e. The number of carbonyl (C=O) groups is 2. The highest BCUT2D eigenvalue weighted by molar-refractivity contribution is 5.94. The second kappa shape index (κ2) is 6.02. The van der Waals surface area contributed by atoms with Gasteiger partial charge in [0.1, 0.15) is 0 Å². The fourth-order valence-corrected chi connectivity index (χ4v) is 1.36. The summed E-state index contributed by atoms with van der Waals surface area (Å²) in [5.74, 6) is -1.23. The van der Waals surface area contributed by atoms with Crippen molar-refractivity contribution in [3.63, 3.8) is 0 Å². The van der Waals surface area contributed by atoms with E-state index in [2.05, 4.69) is 5.32 Å². The Balaban J connectivity index is 2.59. The number of nitrogens with zero attached hydrogens (tertiary/aromatic N) is 1. The lowest BCUT2D eigenvalue weighted by molar-refractivity contribution is -0.138. The third kappa shape index (κ3) is 4.06. The van der Waals surface area contributed by atoms with Gasteiger partial charge >= 0.3 is 5.97 Å². The zero-order chi connectivity index (χ0) is 13.7. The summed E-state index contributed by atoms with van der Waals surface area (Å²) < 4.78 is 0. The molecule has 0 aliphatic carbocycles. The lowest BCUT2D eigenvalue weighted by Gasteiger charge is -2.21. The number of hydrogen-bond acceptors (Lipinski definition) is 4. The van der Waals surface area contributed by atoms with Crippen molar-refractivity contribution in [1.29, 1.82) is 0 Å². The predicted octanol–water partition coefficient (Wildman–Crippen LogP) is 0.612. The molecule has 0 spiro atoms. The molecule has 0 heterocycles.